The average molecular weight is 311 g/mol. The molecule has 2 aromatic rings. The second-order valence-corrected chi connectivity index (χ2v) is 6.66. The SMILES string of the molecule is CCn1cc(S(=O)(=O)NCc2cn(C)nc2C)cc1CN. The van der Waals surface area contributed by atoms with Gasteiger partial charge in [0, 0.05) is 50.3 Å². The first-order chi connectivity index (χ1) is 9.87. The number of nitrogens with two attached hydrogens (primary N) is 1. The van der Waals surface area contributed by atoms with Gasteiger partial charge >= 0.3 is 0 Å². The smallest absolute Gasteiger partial charge is 0.242 e. The van der Waals surface area contributed by atoms with Crippen molar-refractivity contribution >= 4 is 10.0 Å². The van der Waals surface area contributed by atoms with E-state index in [1.807, 2.05) is 18.4 Å². The molecule has 0 unspecified atom stereocenters. The normalized spacial score (nSPS) is 12.0. The Morgan fingerprint density at radius 1 is 1.38 bits per heavy atom. The molecule has 2 rings (SSSR count). The topological polar surface area (TPSA) is 94.9 Å². The third-order valence-electron chi connectivity index (χ3n) is 3.39. The van der Waals surface area contributed by atoms with Crippen molar-refractivity contribution in [2.75, 3.05) is 0 Å². The Morgan fingerprint density at radius 3 is 2.57 bits per heavy atom. The van der Waals surface area contributed by atoms with Crippen LogP contribution >= 0.6 is 0 Å². The predicted molar refractivity (Wildman–Crippen MR) is 80.0 cm³/mol. The van der Waals surface area contributed by atoms with Gasteiger partial charge in [-0.2, -0.15) is 5.10 Å². The number of nitrogens with zero attached hydrogens (tertiary/aromatic N) is 3. The van der Waals surface area contributed by atoms with E-state index in [1.54, 1.807) is 30.2 Å². The van der Waals surface area contributed by atoms with Crippen molar-refractivity contribution < 1.29 is 8.42 Å². The fraction of sp³-hybridized carbons (Fsp3) is 0.462. The molecule has 116 valence electrons. The minimum absolute atomic E-state index is 0.220. The van der Waals surface area contributed by atoms with E-state index in [0.29, 0.717) is 13.1 Å². The van der Waals surface area contributed by atoms with E-state index in [1.165, 1.54) is 0 Å². The number of sulfonamides is 1. The van der Waals surface area contributed by atoms with Crippen LogP contribution in [0.2, 0.25) is 0 Å². The number of aromatic nitrogens is 3. The zero-order chi connectivity index (χ0) is 15.6. The highest BCUT2D eigenvalue weighted by Crippen LogP contribution is 2.15. The molecule has 0 aliphatic heterocycles. The van der Waals surface area contributed by atoms with Gasteiger partial charge in [0.25, 0.3) is 0 Å². The monoisotopic (exact) mass is 311 g/mol. The van der Waals surface area contributed by atoms with Crippen LogP contribution in [0.3, 0.4) is 0 Å². The largest absolute Gasteiger partial charge is 0.349 e. The van der Waals surface area contributed by atoms with Crippen LogP contribution in [0, 0.1) is 6.92 Å². The maximum Gasteiger partial charge on any atom is 0.242 e. The van der Waals surface area contributed by atoms with Gasteiger partial charge < -0.3 is 10.3 Å². The minimum atomic E-state index is -3.55. The lowest BCUT2D eigenvalue weighted by Gasteiger charge is -2.04. The highest BCUT2D eigenvalue weighted by atomic mass is 32.2. The molecule has 0 saturated heterocycles. The van der Waals surface area contributed by atoms with Crippen LogP contribution in [0.1, 0.15) is 23.9 Å². The summed E-state index contributed by atoms with van der Waals surface area (Å²) in [6, 6.07) is 1.61. The first-order valence-electron chi connectivity index (χ1n) is 6.75. The molecule has 0 radical (unpaired) electrons. The van der Waals surface area contributed by atoms with E-state index in [0.717, 1.165) is 17.0 Å². The summed E-state index contributed by atoms with van der Waals surface area (Å²) in [6.07, 6.45) is 3.42. The summed E-state index contributed by atoms with van der Waals surface area (Å²) in [5, 5.41) is 4.19. The van der Waals surface area contributed by atoms with Crippen molar-refractivity contribution in [3.05, 3.63) is 35.4 Å². The molecule has 0 saturated carbocycles. The predicted octanol–water partition coefficient (Wildman–Crippen LogP) is 0.487. The Bertz CT molecular complexity index is 708. The van der Waals surface area contributed by atoms with E-state index in [2.05, 4.69) is 9.82 Å². The molecule has 0 spiro atoms. The van der Waals surface area contributed by atoms with Gasteiger partial charge in [-0.15, -0.1) is 0 Å². The quantitative estimate of drug-likeness (QED) is 0.811. The molecule has 21 heavy (non-hydrogen) atoms. The Kier molecular flexibility index (Phi) is 4.50. The maximum atomic E-state index is 12.3. The lowest BCUT2D eigenvalue weighted by Crippen LogP contribution is -2.23. The van der Waals surface area contributed by atoms with E-state index in [9.17, 15) is 8.42 Å². The average Bonchev–Trinajstić information content (AvgIpc) is 2.99. The second-order valence-electron chi connectivity index (χ2n) is 4.90. The third-order valence-corrected chi connectivity index (χ3v) is 4.76. The molecular weight excluding hydrogens is 290 g/mol. The van der Waals surface area contributed by atoms with Gasteiger partial charge in [-0.25, -0.2) is 13.1 Å². The van der Waals surface area contributed by atoms with Gasteiger partial charge in [0.05, 0.1) is 10.6 Å². The third kappa shape index (κ3) is 3.34. The summed E-state index contributed by atoms with van der Waals surface area (Å²) < 4.78 is 30.8. The van der Waals surface area contributed by atoms with Crippen molar-refractivity contribution in [1.82, 2.24) is 19.1 Å². The molecule has 0 amide bonds. The molecule has 7 nitrogen and oxygen atoms in total. The number of aryl methyl sites for hydroxylation is 3. The first-order valence-corrected chi connectivity index (χ1v) is 8.23. The Balaban J connectivity index is 2.18. The fourth-order valence-corrected chi connectivity index (χ4v) is 3.29. The number of rotatable bonds is 6. The molecule has 0 aliphatic carbocycles. The summed E-state index contributed by atoms with van der Waals surface area (Å²) >= 11 is 0. The van der Waals surface area contributed by atoms with Crippen molar-refractivity contribution in [2.45, 2.75) is 38.4 Å². The van der Waals surface area contributed by atoms with Gasteiger partial charge in [0.2, 0.25) is 10.0 Å². The highest BCUT2D eigenvalue weighted by molar-refractivity contribution is 7.89. The molecule has 0 aliphatic rings. The van der Waals surface area contributed by atoms with Crippen LogP contribution in [0.15, 0.2) is 23.4 Å². The Labute approximate surface area is 124 Å². The zero-order valence-electron chi connectivity index (χ0n) is 12.5. The van der Waals surface area contributed by atoms with E-state index >= 15 is 0 Å². The fourth-order valence-electron chi connectivity index (χ4n) is 2.22. The van der Waals surface area contributed by atoms with Crippen LogP contribution in [-0.2, 0) is 36.7 Å². The molecule has 0 bridgehead atoms. The number of hydrogen-bond donors (Lipinski definition) is 2. The number of nitrogens with one attached hydrogen (secondary N) is 1. The van der Waals surface area contributed by atoms with Crippen molar-refractivity contribution in [2.24, 2.45) is 12.8 Å². The molecule has 2 aromatic heterocycles. The van der Waals surface area contributed by atoms with Crippen molar-refractivity contribution in [1.29, 1.82) is 0 Å². The van der Waals surface area contributed by atoms with Crippen molar-refractivity contribution in [3.8, 4) is 0 Å². The van der Waals surface area contributed by atoms with Crippen LogP contribution in [0.25, 0.3) is 0 Å². The summed E-state index contributed by atoms with van der Waals surface area (Å²) in [6.45, 7) is 5.01. The molecule has 8 heteroatoms. The van der Waals surface area contributed by atoms with Crippen LogP contribution in [0.5, 0.6) is 0 Å². The van der Waals surface area contributed by atoms with E-state index in [4.69, 9.17) is 5.73 Å². The highest BCUT2D eigenvalue weighted by Gasteiger charge is 2.18. The maximum absolute atomic E-state index is 12.3. The number of hydrogen-bond acceptors (Lipinski definition) is 4. The Morgan fingerprint density at radius 2 is 2.10 bits per heavy atom. The zero-order valence-corrected chi connectivity index (χ0v) is 13.3. The van der Waals surface area contributed by atoms with Gasteiger partial charge in [-0.1, -0.05) is 0 Å². The molecule has 0 atom stereocenters. The lowest BCUT2D eigenvalue weighted by molar-refractivity contribution is 0.580. The van der Waals surface area contributed by atoms with Gasteiger partial charge in [0.1, 0.15) is 0 Å². The van der Waals surface area contributed by atoms with E-state index < -0.39 is 10.0 Å². The van der Waals surface area contributed by atoms with Gasteiger partial charge in [0.15, 0.2) is 0 Å². The van der Waals surface area contributed by atoms with E-state index in [-0.39, 0.29) is 11.4 Å². The van der Waals surface area contributed by atoms with Crippen LogP contribution < -0.4 is 10.5 Å². The van der Waals surface area contributed by atoms with Gasteiger partial charge in [-0.05, 0) is 19.9 Å². The second kappa shape index (κ2) is 6.00. The summed E-state index contributed by atoms with van der Waals surface area (Å²) in [5.74, 6) is 0. The molecule has 3 N–H and O–H groups in total. The standard InChI is InChI=1S/C13H21N5O2S/c1-4-18-9-13(5-12(18)6-14)21(19,20)15-7-11-8-17(3)16-10(11)2/h5,8-9,15H,4,6-7,14H2,1-3H3. The summed E-state index contributed by atoms with van der Waals surface area (Å²) in [5.41, 5.74) is 8.10. The molecule has 2 heterocycles. The Hall–Kier alpha value is -1.64. The molecular formula is C13H21N5O2S. The first kappa shape index (κ1) is 15.7. The van der Waals surface area contributed by atoms with Crippen LogP contribution in [0.4, 0.5) is 0 Å². The van der Waals surface area contributed by atoms with Crippen LogP contribution in [-0.4, -0.2) is 22.8 Å². The minimum Gasteiger partial charge on any atom is -0.349 e. The lowest BCUT2D eigenvalue weighted by atomic mass is 10.3. The molecule has 0 aromatic carbocycles. The van der Waals surface area contributed by atoms with Gasteiger partial charge in [-0.3, -0.25) is 4.68 Å². The summed E-state index contributed by atoms with van der Waals surface area (Å²) in [4.78, 5) is 0.242. The summed E-state index contributed by atoms with van der Waals surface area (Å²) in [7, 11) is -1.75. The van der Waals surface area contributed by atoms with Crippen molar-refractivity contribution in [3.63, 3.8) is 0 Å². The molecule has 0 fully saturated rings.